The molecule has 0 saturated heterocycles. The lowest BCUT2D eigenvalue weighted by atomic mass is 9.99. The SMILES string of the molecule is CC(CCN(C1CC1)C(C)(C)C)N(CC1CC1NC(C)(C)C)C(C)(C)C. The van der Waals surface area contributed by atoms with Gasteiger partial charge >= 0.3 is 0 Å². The first-order valence-electron chi connectivity index (χ1n) is 11.0. The Kier molecular flexibility index (Phi) is 6.58. The second-order valence-electron chi connectivity index (χ2n) is 12.1. The average molecular weight is 366 g/mol. The second-order valence-corrected chi connectivity index (χ2v) is 12.1. The quantitative estimate of drug-likeness (QED) is 0.659. The predicted molar refractivity (Wildman–Crippen MR) is 115 cm³/mol. The number of hydrogen-bond donors (Lipinski definition) is 1. The summed E-state index contributed by atoms with van der Waals surface area (Å²) in [5.41, 5.74) is 0.765. The van der Waals surface area contributed by atoms with Crippen molar-refractivity contribution in [1.82, 2.24) is 15.1 Å². The van der Waals surface area contributed by atoms with Crippen molar-refractivity contribution in [2.24, 2.45) is 5.92 Å². The summed E-state index contributed by atoms with van der Waals surface area (Å²) in [7, 11) is 0. The van der Waals surface area contributed by atoms with Gasteiger partial charge in [-0.3, -0.25) is 9.80 Å². The maximum Gasteiger partial charge on any atom is 0.0128 e. The molecular weight excluding hydrogens is 318 g/mol. The van der Waals surface area contributed by atoms with Crippen LogP contribution in [0.3, 0.4) is 0 Å². The van der Waals surface area contributed by atoms with Crippen LogP contribution in [-0.2, 0) is 0 Å². The van der Waals surface area contributed by atoms with Gasteiger partial charge < -0.3 is 5.32 Å². The van der Waals surface area contributed by atoms with E-state index in [1.807, 2.05) is 0 Å². The van der Waals surface area contributed by atoms with E-state index in [0.717, 1.165) is 12.0 Å². The van der Waals surface area contributed by atoms with Crippen LogP contribution in [0.4, 0.5) is 0 Å². The number of nitrogens with one attached hydrogen (secondary N) is 1. The van der Waals surface area contributed by atoms with Gasteiger partial charge in [0.15, 0.2) is 0 Å². The van der Waals surface area contributed by atoms with Crippen LogP contribution in [0, 0.1) is 5.92 Å². The van der Waals surface area contributed by atoms with Crippen molar-refractivity contribution < 1.29 is 0 Å². The van der Waals surface area contributed by atoms with Crippen LogP contribution in [0.2, 0.25) is 0 Å². The summed E-state index contributed by atoms with van der Waals surface area (Å²) < 4.78 is 0. The molecule has 1 N–H and O–H groups in total. The van der Waals surface area contributed by atoms with Crippen LogP contribution in [0.25, 0.3) is 0 Å². The molecule has 3 heteroatoms. The molecule has 0 radical (unpaired) electrons. The summed E-state index contributed by atoms with van der Waals surface area (Å²) in [5.74, 6) is 0.818. The van der Waals surface area contributed by atoms with Crippen molar-refractivity contribution in [2.45, 2.75) is 130 Å². The molecule has 2 rings (SSSR count). The first-order valence-corrected chi connectivity index (χ1v) is 11.0. The molecule has 2 aliphatic carbocycles. The molecule has 2 fully saturated rings. The molecule has 2 saturated carbocycles. The smallest absolute Gasteiger partial charge is 0.0128 e. The van der Waals surface area contributed by atoms with E-state index in [9.17, 15) is 0 Å². The molecule has 0 aromatic heterocycles. The van der Waals surface area contributed by atoms with Gasteiger partial charge in [0.1, 0.15) is 0 Å². The van der Waals surface area contributed by atoms with Crippen molar-refractivity contribution in [3.05, 3.63) is 0 Å². The zero-order chi connectivity index (χ0) is 19.9. The van der Waals surface area contributed by atoms with Gasteiger partial charge in [-0.25, -0.2) is 0 Å². The van der Waals surface area contributed by atoms with Gasteiger partial charge in [-0.15, -0.1) is 0 Å². The van der Waals surface area contributed by atoms with Crippen molar-refractivity contribution in [1.29, 1.82) is 0 Å². The van der Waals surface area contributed by atoms with E-state index in [-0.39, 0.29) is 11.1 Å². The monoisotopic (exact) mass is 365 g/mol. The Bertz CT molecular complexity index is 448. The Morgan fingerprint density at radius 2 is 1.50 bits per heavy atom. The van der Waals surface area contributed by atoms with Crippen molar-refractivity contribution in [3.63, 3.8) is 0 Å². The second kappa shape index (κ2) is 7.72. The van der Waals surface area contributed by atoms with Gasteiger partial charge in [0.05, 0.1) is 0 Å². The van der Waals surface area contributed by atoms with Gasteiger partial charge in [-0.2, -0.15) is 0 Å². The summed E-state index contributed by atoms with van der Waals surface area (Å²) in [6, 6.07) is 2.19. The average Bonchev–Trinajstić information content (AvgIpc) is 3.29. The Morgan fingerprint density at radius 1 is 0.923 bits per heavy atom. The Labute approximate surface area is 164 Å². The van der Waals surface area contributed by atoms with Crippen LogP contribution < -0.4 is 5.32 Å². The fourth-order valence-corrected chi connectivity index (χ4v) is 4.48. The summed E-state index contributed by atoms with van der Waals surface area (Å²) in [5, 5.41) is 3.80. The highest BCUT2D eigenvalue weighted by atomic mass is 15.3. The van der Waals surface area contributed by atoms with Gasteiger partial charge in [-0.05, 0) is 101 Å². The fourth-order valence-electron chi connectivity index (χ4n) is 4.48. The molecule has 0 amide bonds. The van der Waals surface area contributed by atoms with E-state index < -0.39 is 0 Å². The van der Waals surface area contributed by atoms with Gasteiger partial charge in [0.25, 0.3) is 0 Å². The molecule has 0 bridgehead atoms. The third-order valence-corrected chi connectivity index (χ3v) is 6.00. The van der Waals surface area contributed by atoms with E-state index in [1.54, 1.807) is 0 Å². The number of nitrogens with zero attached hydrogens (tertiary/aromatic N) is 2. The first kappa shape index (κ1) is 22.2. The lowest BCUT2D eigenvalue weighted by Crippen LogP contribution is -2.51. The zero-order valence-corrected chi connectivity index (χ0v) is 19.4. The van der Waals surface area contributed by atoms with E-state index in [1.165, 1.54) is 38.8 Å². The van der Waals surface area contributed by atoms with Gasteiger partial charge in [0.2, 0.25) is 0 Å². The molecular formula is C23H47N3. The molecule has 3 nitrogen and oxygen atoms in total. The molecule has 0 aromatic carbocycles. The summed E-state index contributed by atoms with van der Waals surface area (Å²) in [6.45, 7) is 26.1. The molecule has 0 aromatic rings. The van der Waals surface area contributed by atoms with E-state index in [2.05, 4.69) is 84.4 Å². The number of rotatable bonds is 8. The highest BCUT2D eigenvalue weighted by Gasteiger charge is 2.43. The van der Waals surface area contributed by atoms with Gasteiger partial charge in [0, 0.05) is 47.8 Å². The minimum absolute atomic E-state index is 0.231. The summed E-state index contributed by atoms with van der Waals surface area (Å²) in [4.78, 5) is 5.53. The number of hydrogen-bond acceptors (Lipinski definition) is 3. The fraction of sp³-hybridized carbons (Fsp3) is 1.00. The van der Waals surface area contributed by atoms with Crippen LogP contribution in [0.5, 0.6) is 0 Å². The van der Waals surface area contributed by atoms with Crippen LogP contribution >= 0.6 is 0 Å². The van der Waals surface area contributed by atoms with Crippen LogP contribution in [0.15, 0.2) is 0 Å². The first-order chi connectivity index (χ1) is 11.7. The van der Waals surface area contributed by atoms with E-state index in [4.69, 9.17) is 0 Å². The highest BCUT2D eigenvalue weighted by molar-refractivity contribution is 5.00. The Morgan fingerprint density at radius 3 is 1.92 bits per heavy atom. The van der Waals surface area contributed by atoms with E-state index >= 15 is 0 Å². The lowest BCUT2D eigenvalue weighted by molar-refractivity contribution is 0.0575. The molecule has 3 atom stereocenters. The zero-order valence-electron chi connectivity index (χ0n) is 19.4. The van der Waals surface area contributed by atoms with Gasteiger partial charge in [-0.1, -0.05) is 0 Å². The topological polar surface area (TPSA) is 18.5 Å². The Balaban J connectivity index is 1.90. The maximum atomic E-state index is 3.80. The summed E-state index contributed by atoms with van der Waals surface area (Å²) >= 11 is 0. The molecule has 3 unspecified atom stereocenters. The molecule has 0 aliphatic heterocycles. The lowest BCUT2D eigenvalue weighted by Gasteiger charge is -2.43. The van der Waals surface area contributed by atoms with Crippen LogP contribution in [0.1, 0.15) is 94.9 Å². The van der Waals surface area contributed by atoms with Crippen LogP contribution in [-0.4, -0.2) is 57.6 Å². The molecule has 154 valence electrons. The summed E-state index contributed by atoms with van der Waals surface area (Å²) in [6.07, 6.45) is 5.41. The third-order valence-electron chi connectivity index (χ3n) is 6.00. The highest BCUT2D eigenvalue weighted by Crippen LogP contribution is 2.36. The normalized spacial score (nSPS) is 25.8. The standard InChI is InChI=1S/C23H47N3/c1-17(13-14-25(19-11-12-19)22(5,6)7)26(23(8,9)10)16-18-15-20(18)24-21(2,3)4/h17-20,24H,11-16H2,1-10H3. The largest absolute Gasteiger partial charge is 0.309 e. The van der Waals surface area contributed by atoms with Crippen molar-refractivity contribution >= 4 is 0 Å². The predicted octanol–water partition coefficient (Wildman–Crippen LogP) is 4.91. The van der Waals surface area contributed by atoms with Crippen molar-refractivity contribution in [2.75, 3.05) is 13.1 Å². The molecule has 0 spiro atoms. The minimum atomic E-state index is 0.231. The Hall–Kier alpha value is -0.120. The molecule has 2 aliphatic rings. The maximum absolute atomic E-state index is 3.80. The third kappa shape index (κ3) is 6.80. The van der Waals surface area contributed by atoms with E-state index in [0.29, 0.717) is 17.6 Å². The molecule has 0 heterocycles. The molecule has 26 heavy (non-hydrogen) atoms. The van der Waals surface area contributed by atoms with Crippen molar-refractivity contribution in [3.8, 4) is 0 Å². The minimum Gasteiger partial charge on any atom is -0.309 e.